The highest BCUT2D eigenvalue weighted by atomic mass is 15.2. The van der Waals surface area contributed by atoms with Crippen molar-refractivity contribution >= 4 is 22.7 Å². The Balaban J connectivity index is 1.45. The van der Waals surface area contributed by atoms with E-state index >= 15 is 0 Å². The Labute approximate surface area is 172 Å². The van der Waals surface area contributed by atoms with Gasteiger partial charge in [-0.1, -0.05) is 67.3 Å². The summed E-state index contributed by atoms with van der Waals surface area (Å²) in [6.45, 7) is 7.54. The number of H-pyrrole nitrogens is 1. The standard InChI is InChI=1S/C26H27N3/c1-3-5-8-21(4-2)24-14-25(28-16-24)15-26-17-27-19-29(26)18-20-11-12-22-9-6-7-10-23(22)13-20/h3-14,16,19,26,28H,1,15,17-18H2,2H3/b8-5-,21-4+. The highest BCUT2D eigenvalue weighted by molar-refractivity contribution is 5.83. The predicted molar refractivity (Wildman–Crippen MR) is 124 cm³/mol. The van der Waals surface area contributed by atoms with Crippen molar-refractivity contribution < 1.29 is 0 Å². The highest BCUT2D eigenvalue weighted by Crippen LogP contribution is 2.22. The SMILES string of the molecule is C=C/C=C\C(=C/C)c1c[nH]c(CC2CN=CN2Cc2ccc3ccccc3c2)c1. The number of benzene rings is 2. The molecular weight excluding hydrogens is 354 g/mol. The molecular formula is C26H27N3. The number of allylic oxidation sites excluding steroid dienone is 5. The summed E-state index contributed by atoms with van der Waals surface area (Å²) in [5.74, 6) is 0. The molecule has 146 valence electrons. The van der Waals surface area contributed by atoms with Crippen molar-refractivity contribution in [1.29, 1.82) is 0 Å². The molecule has 0 fully saturated rings. The molecule has 0 saturated carbocycles. The Bertz CT molecular complexity index is 1080. The monoisotopic (exact) mass is 381 g/mol. The molecule has 29 heavy (non-hydrogen) atoms. The first-order chi connectivity index (χ1) is 14.3. The summed E-state index contributed by atoms with van der Waals surface area (Å²) in [5, 5.41) is 2.57. The lowest BCUT2D eigenvalue weighted by Gasteiger charge is -2.24. The zero-order chi connectivity index (χ0) is 20.1. The van der Waals surface area contributed by atoms with Gasteiger partial charge in [0.05, 0.1) is 18.9 Å². The van der Waals surface area contributed by atoms with Gasteiger partial charge >= 0.3 is 0 Å². The summed E-state index contributed by atoms with van der Waals surface area (Å²) < 4.78 is 0. The maximum atomic E-state index is 4.55. The van der Waals surface area contributed by atoms with E-state index in [0.29, 0.717) is 6.04 Å². The van der Waals surface area contributed by atoms with Crippen LogP contribution in [0.2, 0.25) is 0 Å². The molecule has 3 nitrogen and oxygen atoms in total. The van der Waals surface area contributed by atoms with Gasteiger partial charge in [-0.05, 0) is 46.5 Å². The summed E-state index contributed by atoms with van der Waals surface area (Å²) in [6, 6.07) is 17.9. The van der Waals surface area contributed by atoms with Crippen molar-refractivity contribution in [3.8, 4) is 0 Å². The maximum Gasteiger partial charge on any atom is 0.0857 e. The van der Waals surface area contributed by atoms with Crippen molar-refractivity contribution in [2.45, 2.75) is 25.9 Å². The normalized spacial score (nSPS) is 16.9. The molecule has 1 aliphatic rings. The molecule has 0 amide bonds. The number of nitrogens with one attached hydrogen (secondary N) is 1. The second-order valence-electron chi connectivity index (χ2n) is 7.44. The molecule has 1 atom stereocenters. The molecule has 1 aliphatic heterocycles. The van der Waals surface area contributed by atoms with Crippen LogP contribution in [0.1, 0.15) is 23.7 Å². The first kappa shape index (κ1) is 19.0. The predicted octanol–water partition coefficient (Wildman–Crippen LogP) is 5.77. The molecule has 0 saturated heterocycles. The average Bonchev–Trinajstić information content (AvgIpc) is 3.39. The zero-order valence-electron chi connectivity index (χ0n) is 16.9. The number of hydrogen-bond donors (Lipinski definition) is 1. The fraction of sp³-hybridized carbons (Fsp3) is 0.192. The number of hydrogen-bond acceptors (Lipinski definition) is 2. The third kappa shape index (κ3) is 4.40. The molecule has 1 unspecified atom stereocenters. The Kier molecular flexibility index (Phi) is 5.76. The third-order valence-electron chi connectivity index (χ3n) is 5.45. The Morgan fingerprint density at radius 3 is 2.90 bits per heavy atom. The molecule has 0 aliphatic carbocycles. The number of aromatic nitrogens is 1. The van der Waals surface area contributed by atoms with Gasteiger partial charge in [0.15, 0.2) is 0 Å². The van der Waals surface area contributed by atoms with Crippen molar-refractivity contribution in [2.75, 3.05) is 6.54 Å². The van der Waals surface area contributed by atoms with Gasteiger partial charge < -0.3 is 9.88 Å². The average molecular weight is 382 g/mol. The zero-order valence-corrected chi connectivity index (χ0v) is 16.9. The second kappa shape index (κ2) is 8.78. The topological polar surface area (TPSA) is 31.4 Å². The molecule has 1 N–H and O–H groups in total. The Morgan fingerprint density at radius 1 is 1.21 bits per heavy atom. The van der Waals surface area contributed by atoms with Gasteiger partial charge in [-0.2, -0.15) is 0 Å². The minimum absolute atomic E-state index is 0.380. The van der Waals surface area contributed by atoms with Crippen LogP contribution in [0.3, 0.4) is 0 Å². The second-order valence-corrected chi connectivity index (χ2v) is 7.44. The van der Waals surface area contributed by atoms with E-state index in [-0.39, 0.29) is 0 Å². The van der Waals surface area contributed by atoms with Crippen LogP contribution in [0.25, 0.3) is 16.3 Å². The van der Waals surface area contributed by atoms with E-state index < -0.39 is 0 Å². The minimum Gasteiger partial charge on any atom is -0.364 e. The molecule has 1 aromatic heterocycles. The lowest BCUT2D eigenvalue weighted by atomic mass is 10.0. The maximum absolute atomic E-state index is 4.55. The molecule has 2 aromatic carbocycles. The molecule has 3 aromatic rings. The van der Waals surface area contributed by atoms with Crippen molar-refractivity contribution in [3.63, 3.8) is 0 Å². The molecule has 0 spiro atoms. The largest absolute Gasteiger partial charge is 0.364 e. The smallest absolute Gasteiger partial charge is 0.0857 e. The lowest BCUT2D eigenvalue weighted by Crippen LogP contribution is -2.33. The molecule has 2 heterocycles. The van der Waals surface area contributed by atoms with Gasteiger partial charge in [-0.3, -0.25) is 4.99 Å². The van der Waals surface area contributed by atoms with E-state index in [0.717, 1.165) is 19.5 Å². The Hall–Kier alpha value is -3.33. The van der Waals surface area contributed by atoms with Gasteiger partial charge in [0.1, 0.15) is 0 Å². The number of fused-ring (bicyclic) bond motifs is 1. The van der Waals surface area contributed by atoms with Crippen LogP contribution in [0.5, 0.6) is 0 Å². The van der Waals surface area contributed by atoms with Gasteiger partial charge in [-0.15, -0.1) is 0 Å². The number of aliphatic imine (C=N–C) groups is 1. The van der Waals surface area contributed by atoms with E-state index in [9.17, 15) is 0 Å². The molecule has 4 rings (SSSR count). The van der Waals surface area contributed by atoms with Crippen LogP contribution in [-0.4, -0.2) is 28.8 Å². The summed E-state index contributed by atoms with van der Waals surface area (Å²) in [4.78, 5) is 10.4. The highest BCUT2D eigenvalue weighted by Gasteiger charge is 2.21. The Morgan fingerprint density at radius 2 is 2.07 bits per heavy atom. The molecule has 3 heteroatoms. The summed E-state index contributed by atoms with van der Waals surface area (Å²) >= 11 is 0. The summed E-state index contributed by atoms with van der Waals surface area (Å²) in [5.41, 5.74) is 4.97. The first-order valence-electron chi connectivity index (χ1n) is 10.1. The number of nitrogens with zero attached hydrogens (tertiary/aromatic N) is 2. The third-order valence-corrected chi connectivity index (χ3v) is 5.45. The fourth-order valence-electron chi connectivity index (χ4n) is 3.88. The van der Waals surface area contributed by atoms with E-state index in [1.165, 1.54) is 33.2 Å². The van der Waals surface area contributed by atoms with Crippen LogP contribution < -0.4 is 0 Å². The van der Waals surface area contributed by atoms with Crippen molar-refractivity contribution in [1.82, 2.24) is 9.88 Å². The number of rotatable bonds is 7. The van der Waals surface area contributed by atoms with Crippen LogP contribution in [-0.2, 0) is 13.0 Å². The van der Waals surface area contributed by atoms with E-state index in [2.05, 4.69) is 95.3 Å². The van der Waals surface area contributed by atoms with E-state index in [4.69, 9.17) is 0 Å². The van der Waals surface area contributed by atoms with Crippen LogP contribution in [0, 0.1) is 0 Å². The van der Waals surface area contributed by atoms with Crippen molar-refractivity contribution in [2.24, 2.45) is 4.99 Å². The van der Waals surface area contributed by atoms with E-state index in [1.807, 2.05) is 12.4 Å². The van der Waals surface area contributed by atoms with Gasteiger partial charge in [0.2, 0.25) is 0 Å². The van der Waals surface area contributed by atoms with Gasteiger partial charge in [0, 0.05) is 24.9 Å². The number of aromatic amines is 1. The first-order valence-corrected chi connectivity index (χ1v) is 10.1. The molecule has 0 bridgehead atoms. The van der Waals surface area contributed by atoms with Gasteiger partial charge in [0.25, 0.3) is 0 Å². The summed E-state index contributed by atoms with van der Waals surface area (Å²) in [7, 11) is 0. The van der Waals surface area contributed by atoms with Crippen LogP contribution in [0.15, 0.2) is 90.6 Å². The summed E-state index contributed by atoms with van der Waals surface area (Å²) in [6.07, 6.45) is 13.0. The van der Waals surface area contributed by atoms with Crippen LogP contribution >= 0.6 is 0 Å². The van der Waals surface area contributed by atoms with Crippen LogP contribution in [0.4, 0.5) is 0 Å². The molecule has 0 radical (unpaired) electrons. The fourth-order valence-corrected chi connectivity index (χ4v) is 3.88. The van der Waals surface area contributed by atoms with E-state index in [1.54, 1.807) is 6.08 Å². The van der Waals surface area contributed by atoms with Crippen molar-refractivity contribution in [3.05, 3.63) is 102 Å². The minimum atomic E-state index is 0.380. The lowest BCUT2D eigenvalue weighted by molar-refractivity contribution is 0.340. The van der Waals surface area contributed by atoms with Gasteiger partial charge in [-0.25, -0.2) is 0 Å². The quantitative estimate of drug-likeness (QED) is 0.518.